The van der Waals surface area contributed by atoms with E-state index in [0.717, 1.165) is 17.7 Å². The summed E-state index contributed by atoms with van der Waals surface area (Å²) in [5.41, 5.74) is 1.18. The maximum absolute atomic E-state index is 12.6. The Morgan fingerprint density at radius 2 is 1.77 bits per heavy atom. The number of methoxy groups -OCH3 is 1. The molecule has 6 nitrogen and oxygen atoms in total. The highest BCUT2D eigenvalue weighted by atomic mass is 32.2. The van der Waals surface area contributed by atoms with Crippen molar-refractivity contribution in [2.24, 2.45) is 0 Å². The number of aromatic hydroxyl groups is 1. The Balaban J connectivity index is 0.00000338. The normalized spacial score (nSPS) is 10.9. The minimum atomic E-state index is -4.12. The maximum Gasteiger partial charge on any atom is 0.300 e. The summed E-state index contributed by atoms with van der Waals surface area (Å²) in [6.45, 7) is 3.67. The Labute approximate surface area is 154 Å². The van der Waals surface area contributed by atoms with Crippen LogP contribution in [0.25, 0.3) is 0 Å². The summed E-state index contributed by atoms with van der Waals surface area (Å²) in [7, 11) is -2.84. The Hall–Kier alpha value is -2.38. The molecular weight excluding hydrogens is 356 g/mol. The fraction of sp³-hybridized carbons (Fsp3) is 0.316. The molecule has 0 spiro atoms. The van der Waals surface area contributed by atoms with Crippen molar-refractivity contribution in [3.05, 3.63) is 53.1 Å². The maximum atomic E-state index is 12.6. The van der Waals surface area contributed by atoms with Gasteiger partial charge in [-0.25, -0.2) is 0 Å². The summed E-state index contributed by atoms with van der Waals surface area (Å²) < 4.78 is 34.6. The average molecular weight is 380 g/mol. The molecule has 0 aliphatic rings. The minimum absolute atomic E-state index is 0. The van der Waals surface area contributed by atoms with Crippen LogP contribution in [0.3, 0.4) is 0 Å². The van der Waals surface area contributed by atoms with E-state index < -0.39 is 15.9 Å². The molecule has 0 aliphatic carbocycles. The van der Waals surface area contributed by atoms with Crippen molar-refractivity contribution in [3.63, 3.8) is 0 Å². The van der Waals surface area contributed by atoms with Crippen LogP contribution in [0.5, 0.6) is 11.5 Å². The van der Waals surface area contributed by atoms with Gasteiger partial charge in [0.1, 0.15) is 16.4 Å². The number of rotatable bonds is 7. The number of hydrogen-bond donors (Lipinski definition) is 1. The van der Waals surface area contributed by atoms with Gasteiger partial charge < -0.3 is 9.84 Å². The third-order valence-corrected chi connectivity index (χ3v) is 4.89. The molecule has 26 heavy (non-hydrogen) atoms. The van der Waals surface area contributed by atoms with Crippen LogP contribution < -0.4 is 4.74 Å². The zero-order valence-electron chi connectivity index (χ0n) is 14.3. The predicted molar refractivity (Wildman–Crippen MR) is 99.4 cm³/mol. The number of ketones is 1. The molecule has 7 heteroatoms. The van der Waals surface area contributed by atoms with E-state index in [1.807, 2.05) is 6.92 Å². The van der Waals surface area contributed by atoms with E-state index in [1.165, 1.54) is 7.11 Å². The lowest BCUT2D eigenvalue weighted by Gasteiger charge is -2.13. The first-order valence-electron chi connectivity index (χ1n) is 7.72. The van der Waals surface area contributed by atoms with Crippen LogP contribution in [0.1, 0.15) is 42.3 Å². The fourth-order valence-electron chi connectivity index (χ4n) is 2.20. The van der Waals surface area contributed by atoms with Gasteiger partial charge in [0, 0.05) is 11.6 Å². The lowest BCUT2D eigenvalue weighted by atomic mass is 10.0. The number of aryl methyl sites for hydroxylation is 1. The highest BCUT2D eigenvalue weighted by Gasteiger charge is 2.25. The Morgan fingerprint density at radius 3 is 2.31 bits per heavy atom. The fourth-order valence-corrected chi connectivity index (χ4v) is 3.37. The molecule has 0 atom stereocenters. The summed E-state index contributed by atoms with van der Waals surface area (Å²) in [4.78, 5) is 12.3. The predicted octanol–water partition coefficient (Wildman–Crippen LogP) is 3.69. The number of phenols is 1. The van der Waals surface area contributed by atoms with E-state index in [4.69, 9.17) is 8.92 Å². The second-order valence-corrected chi connectivity index (χ2v) is 7.08. The van der Waals surface area contributed by atoms with Crippen molar-refractivity contribution in [2.45, 2.75) is 32.6 Å². The van der Waals surface area contributed by atoms with E-state index >= 15 is 0 Å². The largest absolute Gasteiger partial charge is 0.507 e. The molecule has 2 aromatic carbocycles. The standard InChI is InChI=1S/C18H20O6S.CH4/c1-4-9-24-25(21,22)17-10-14(15(19)11-16(17)23-3)18(20)13-7-5-12(2)6-8-13;/h5-8,10-11,19H,4,9H2,1-3H3;1H4. The van der Waals surface area contributed by atoms with Gasteiger partial charge in [0.05, 0.1) is 19.3 Å². The highest BCUT2D eigenvalue weighted by molar-refractivity contribution is 7.86. The second kappa shape index (κ2) is 8.82. The Morgan fingerprint density at radius 1 is 1.15 bits per heavy atom. The SMILES string of the molecule is C.CCCOS(=O)(=O)c1cc(C(=O)c2ccc(C)cc2)c(O)cc1OC. The third-order valence-electron chi connectivity index (χ3n) is 3.55. The monoisotopic (exact) mass is 380 g/mol. The van der Waals surface area contributed by atoms with E-state index in [1.54, 1.807) is 31.2 Å². The average Bonchev–Trinajstić information content (AvgIpc) is 2.59. The van der Waals surface area contributed by atoms with Crippen LogP contribution in [0.2, 0.25) is 0 Å². The van der Waals surface area contributed by atoms with Crippen molar-refractivity contribution in [3.8, 4) is 11.5 Å². The van der Waals surface area contributed by atoms with Crippen LogP contribution in [0.4, 0.5) is 0 Å². The lowest BCUT2D eigenvalue weighted by Crippen LogP contribution is -2.11. The molecule has 142 valence electrons. The molecular formula is C19H24O6S. The molecule has 0 saturated carbocycles. The lowest BCUT2D eigenvalue weighted by molar-refractivity contribution is 0.103. The van der Waals surface area contributed by atoms with Gasteiger partial charge in [-0.1, -0.05) is 44.2 Å². The van der Waals surface area contributed by atoms with Crippen LogP contribution in [0, 0.1) is 6.92 Å². The van der Waals surface area contributed by atoms with Gasteiger partial charge in [-0.3, -0.25) is 8.98 Å². The number of carbonyl (C=O) groups is 1. The molecule has 0 heterocycles. The van der Waals surface area contributed by atoms with E-state index in [9.17, 15) is 18.3 Å². The van der Waals surface area contributed by atoms with Crippen molar-refractivity contribution < 1.29 is 27.2 Å². The zero-order valence-corrected chi connectivity index (χ0v) is 15.1. The van der Waals surface area contributed by atoms with Crippen LogP contribution in [-0.4, -0.2) is 33.0 Å². The first-order chi connectivity index (χ1) is 11.8. The molecule has 1 N–H and O–H groups in total. The summed E-state index contributed by atoms with van der Waals surface area (Å²) in [6.07, 6.45) is 0.509. The summed E-state index contributed by atoms with van der Waals surface area (Å²) in [6, 6.07) is 8.93. The van der Waals surface area contributed by atoms with E-state index in [0.29, 0.717) is 12.0 Å². The number of hydrogen-bond acceptors (Lipinski definition) is 6. The van der Waals surface area contributed by atoms with Gasteiger partial charge >= 0.3 is 10.1 Å². The molecule has 0 aromatic heterocycles. The molecule has 0 amide bonds. The molecule has 0 fully saturated rings. The summed E-state index contributed by atoms with van der Waals surface area (Å²) >= 11 is 0. The smallest absolute Gasteiger partial charge is 0.300 e. The first-order valence-corrected chi connectivity index (χ1v) is 9.12. The molecule has 0 aliphatic heterocycles. The molecule has 2 aromatic rings. The Bertz CT molecular complexity index is 870. The first kappa shape index (κ1) is 21.7. The van der Waals surface area contributed by atoms with Crippen molar-refractivity contribution in [2.75, 3.05) is 13.7 Å². The van der Waals surface area contributed by atoms with Crippen molar-refractivity contribution in [1.29, 1.82) is 0 Å². The van der Waals surface area contributed by atoms with Crippen molar-refractivity contribution in [1.82, 2.24) is 0 Å². The highest BCUT2D eigenvalue weighted by Crippen LogP contribution is 2.33. The molecule has 0 radical (unpaired) electrons. The number of carbonyl (C=O) groups excluding carboxylic acids is 1. The minimum Gasteiger partial charge on any atom is -0.507 e. The van der Waals surface area contributed by atoms with Gasteiger partial charge in [0.25, 0.3) is 0 Å². The van der Waals surface area contributed by atoms with Crippen molar-refractivity contribution >= 4 is 15.9 Å². The van der Waals surface area contributed by atoms with Gasteiger partial charge in [-0.05, 0) is 19.4 Å². The van der Waals surface area contributed by atoms with Crippen LogP contribution >= 0.6 is 0 Å². The topological polar surface area (TPSA) is 89.9 Å². The number of phenolic OH excluding ortho intramolecular Hbond substituents is 1. The second-order valence-electron chi connectivity index (χ2n) is 5.49. The quantitative estimate of drug-likeness (QED) is 0.582. The summed E-state index contributed by atoms with van der Waals surface area (Å²) in [5, 5.41) is 10.1. The molecule has 0 bridgehead atoms. The Kier molecular flexibility index (Phi) is 7.35. The van der Waals surface area contributed by atoms with Crippen LogP contribution in [-0.2, 0) is 14.3 Å². The van der Waals surface area contributed by atoms with Gasteiger partial charge in [0.15, 0.2) is 5.78 Å². The van der Waals surface area contributed by atoms with E-state index in [2.05, 4.69) is 0 Å². The molecule has 0 unspecified atom stereocenters. The summed E-state index contributed by atoms with van der Waals surface area (Å²) in [5.74, 6) is -0.946. The molecule has 2 rings (SSSR count). The van der Waals surface area contributed by atoms with Gasteiger partial charge in [-0.15, -0.1) is 0 Å². The third kappa shape index (κ3) is 4.62. The van der Waals surface area contributed by atoms with E-state index in [-0.39, 0.29) is 36.0 Å². The number of benzene rings is 2. The zero-order chi connectivity index (χ0) is 18.6. The molecule has 0 saturated heterocycles. The van der Waals surface area contributed by atoms with Gasteiger partial charge in [-0.2, -0.15) is 8.42 Å². The van der Waals surface area contributed by atoms with Crippen LogP contribution in [0.15, 0.2) is 41.3 Å². The van der Waals surface area contributed by atoms with Gasteiger partial charge in [0.2, 0.25) is 0 Å². The number of ether oxygens (including phenoxy) is 1.